The summed E-state index contributed by atoms with van der Waals surface area (Å²) in [4.78, 5) is 56.2. The number of benzene rings is 3. The molecule has 3 aromatic rings. The predicted molar refractivity (Wildman–Crippen MR) is 155 cm³/mol. The third-order valence-electron chi connectivity index (χ3n) is 6.79. The number of hydrogen-bond acceptors (Lipinski definition) is 6. The Labute approximate surface area is 244 Å². The summed E-state index contributed by atoms with van der Waals surface area (Å²) < 4.78 is 10.8. The van der Waals surface area contributed by atoms with Gasteiger partial charge in [-0.15, -0.1) is 0 Å². The number of amides is 4. The fraction of sp³-hybridized carbons (Fsp3) is 0.290. The van der Waals surface area contributed by atoms with Gasteiger partial charge >= 0.3 is 6.03 Å². The van der Waals surface area contributed by atoms with E-state index in [2.05, 4.69) is 5.32 Å². The van der Waals surface area contributed by atoms with Crippen LogP contribution >= 0.6 is 11.6 Å². The number of nitrogens with zero attached hydrogens (tertiary/aromatic N) is 2. The van der Waals surface area contributed by atoms with Crippen molar-refractivity contribution in [1.29, 1.82) is 0 Å². The summed E-state index contributed by atoms with van der Waals surface area (Å²) in [6, 6.07) is 20.3. The van der Waals surface area contributed by atoms with E-state index < -0.39 is 35.8 Å². The zero-order valence-corrected chi connectivity index (χ0v) is 23.9. The summed E-state index contributed by atoms with van der Waals surface area (Å²) in [5, 5.41) is 3.07. The Bertz CT molecular complexity index is 1410. The first kappa shape index (κ1) is 29.8. The summed E-state index contributed by atoms with van der Waals surface area (Å²) >= 11 is 6.29. The second kappa shape index (κ2) is 13.4. The van der Waals surface area contributed by atoms with Crippen molar-refractivity contribution in [3.8, 4) is 5.75 Å². The van der Waals surface area contributed by atoms with Gasteiger partial charge in [0.15, 0.2) is 5.78 Å². The molecule has 1 fully saturated rings. The van der Waals surface area contributed by atoms with E-state index in [0.717, 1.165) is 16.0 Å². The fourth-order valence-electron chi connectivity index (χ4n) is 4.62. The minimum atomic E-state index is -1.21. The maximum absolute atomic E-state index is 13.6. The van der Waals surface area contributed by atoms with Crippen molar-refractivity contribution >= 4 is 40.9 Å². The highest BCUT2D eigenvalue weighted by Crippen LogP contribution is 2.27. The number of imide groups is 1. The van der Waals surface area contributed by atoms with Gasteiger partial charge in [0, 0.05) is 18.7 Å². The average molecular weight is 578 g/mol. The molecule has 4 amide bonds. The van der Waals surface area contributed by atoms with Crippen LogP contribution in [0.1, 0.15) is 34.8 Å². The first-order valence-corrected chi connectivity index (χ1v) is 13.6. The molecule has 2 unspecified atom stereocenters. The van der Waals surface area contributed by atoms with Crippen LogP contribution in [-0.4, -0.2) is 59.9 Å². The van der Waals surface area contributed by atoms with E-state index in [1.165, 1.54) is 12.0 Å². The van der Waals surface area contributed by atoms with Crippen molar-refractivity contribution in [1.82, 2.24) is 9.80 Å². The Morgan fingerprint density at radius 2 is 1.73 bits per heavy atom. The lowest BCUT2D eigenvalue weighted by atomic mass is 9.93. The lowest BCUT2D eigenvalue weighted by Gasteiger charge is -2.22. The molecule has 0 saturated carbocycles. The Morgan fingerprint density at radius 3 is 2.39 bits per heavy atom. The van der Waals surface area contributed by atoms with E-state index in [0.29, 0.717) is 22.0 Å². The highest BCUT2D eigenvalue weighted by molar-refractivity contribution is 6.34. The molecular formula is C31H32ClN3O6. The monoisotopic (exact) mass is 577 g/mol. The number of methoxy groups -OCH3 is 1. The number of carbonyl (C=O) groups is 4. The molecule has 3 aromatic carbocycles. The second-order valence-electron chi connectivity index (χ2n) is 9.60. The van der Waals surface area contributed by atoms with Gasteiger partial charge in [0.25, 0.3) is 5.91 Å². The van der Waals surface area contributed by atoms with E-state index in [-0.39, 0.29) is 26.1 Å². The topological polar surface area (TPSA) is 105 Å². The summed E-state index contributed by atoms with van der Waals surface area (Å²) in [6.45, 7) is 3.83. The second-order valence-corrected chi connectivity index (χ2v) is 10.0. The highest BCUT2D eigenvalue weighted by atomic mass is 35.5. The third kappa shape index (κ3) is 6.93. The lowest BCUT2D eigenvalue weighted by Crippen LogP contribution is -2.38. The molecule has 2 atom stereocenters. The van der Waals surface area contributed by atoms with E-state index in [4.69, 9.17) is 21.1 Å². The van der Waals surface area contributed by atoms with Crippen LogP contribution in [0.4, 0.5) is 10.5 Å². The van der Waals surface area contributed by atoms with Crippen LogP contribution in [0.15, 0.2) is 72.8 Å². The summed E-state index contributed by atoms with van der Waals surface area (Å²) in [5.74, 6) is -2.25. The summed E-state index contributed by atoms with van der Waals surface area (Å²) in [6.07, 6.45) is -1.20. The molecule has 4 rings (SSSR count). The molecule has 1 saturated heterocycles. The van der Waals surface area contributed by atoms with Gasteiger partial charge in [-0.3, -0.25) is 24.2 Å². The molecule has 1 aliphatic heterocycles. The van der Waals surface area contributed by atoms with Gasteiger partial charge in [-0.25, -0.2) is 4.79 Å². The minimum absolute atomic E-state index is 0.102. The van der Waals surface area contributed by atoms with Crippen LogP contribution in [-0.2, 0) is 20.9 Å². The highest BCUT2D eigenvalue weighted by Gasteiger charge is 2.46. The molecule has 0 bridgehead atoms. The molecule has 0 radical (unpaired) electrons. The van der Waals surface area contributed by atoms with Crippen LogP contribution in [0, 0.1) is 12.8 Å². The first-order valence-electron chi connectivity index (χ1n) is 13.3. The van der Waals surface area contributed by atoms with Crippen LogP contribution in [0.2, 0.25) is 5.02 Å². The number of rotatable bonds is 12. The van der Waals surface area contributed by atoms with E-state index >= 15 is 0 Å². The van der Waals surface area contributed by atoms with Gasteiger partial charge in [0.1, 0.15) is 11.7 Å². The van der Waals surface area contributed by atoms with Gasteiger partial charge < -0.3 is 14.8 Å². The molecule has 0 aliphatic carbocycles. The smallest absolute Gasteiger partial charge is 0.329 e. The summed E-state index contributed by atoms with van der Waals surface area (Å²) in [7, 11) is 1.51. The SMILES string of the molecule is CCOC1C(=O)N(CCC(C(=O)Nc2cc(C)ccc2Cl)C(=O)c2ccc(OC)cc2)C(=O)N1Cc1ccccc1. The number of ketones is 1. The number of aryl methyl sites for hydroxylation is 1. The molecule has 1 N–H and O–H groups in total. The lowest BCUT2D eigenvalue weighted by molar-refractivity contribution is -0.142. The van der Waals surface area contributed by atoms with Gasteiger partial charge in [0.05, 0.1) is 24.4 Å². The maximum Gasteiger partial charge on any atom is 0.329 e. The minimum Gasteiger partial charge on any atom is -0.497 e. The maximum atomic E-state index is 13.6. The largest absolute Gasteiger partial charge is 0.497 e. The normalized spacial score (nSPS) is 15.7. The third-order valence-corrected chi connectivity index (χ3v) is 7.12. The van der Waals surface area contributed by atoms with Crippen LogP contribution in [0.25, 0.3) is 0 Å². The molecular weight excluding hydrogens is 546 g/mol. The number of hydrogen-bond donors (Lipinski definition) is 1. The Morgan fingerprint density at radius 1 is 1.02 bits per heavy atom. The molecule has 9 nitrogen and oxygen atoms in total. The van der Waals surface area contributed by atoms with E-state index in [1.807, 2.05) is 37.3 Å². The number of ether oxygens (including phenoxy) is 2. The van der Waals surface area contributed by atoms with Crippen LogP contribution in [0.5, 0.6) is 5.75 Å². The number of urea groups is 1. The zero-order chi connectivity index (χ0) is 29.5. The Balaban J connectivity index is 1.57. The molecule has 0 spiro atoms. The summed E-state index contributed by atoms with van der Waals surface area (Å²) in [5.41, 5.74) is 2.36. The van der Waals surface area contributed by atoms with Crippen LogP contribution in [0.3, 0.4) is 0 Å². The van der Waals surface area contributed by atoms with Crippen molar-refractivity contribution in [2.75, 3.05) is 25.6 Å². The van der Waals surface area contributed by atoms with Crippen molar-refractivity contribution in [2.45, 2.75) is 33.0 Å². The first-order chi connectivity index (χ1) is 19.7. The van der Waals surface area contributed by atoms with Crippen molar-refractivity contribution in [3.05, 3.63) is 94.5 Å². The van der Waals surface area contributed by atoms with Crippen LogP contribution < -0.4 is 10.1 Å². The van der Waals surface area contributed by atoms with E-state index in [1.54, 1.807) is 49.4 Å². The quantitative estimate of drug-likeness (QED) is 0.178. The predicted octanol–water partition coefficient (Wildman–Crippen LogP) is 5.31. The Hall–Kier alpha value is -4.21. The van der Waals surface area contributed by atoms with Gasteiger partial charge in [0.2, 0.25) is 12.1 Å². The average Bonchev–Trinajstić information content (AvgIpc) is 3.19. The molecule has 1 heterocycles. The van der Waals surface area contributed by atoms with Crippen molar-refractivity contribution in [3.63, 3.8) is 0 Å². The molecule has 41 heavy (non-hydrogen) atoms. The van der Waals surface area contributed by atoms with Gasteiger partial charge in [-0.2, -0.15) is 0 Å². The van der Waals surface area contributed by atoms with E-state index in [9.17, 15) is 19.2 Å². The molecule has 0 aromatic heterocycles. The number of halogens is 1. The molecule has 1 aliphatic rings. The van der Waals surface area contributed by atoms with Gasteiger partial charge in [-0.05, 0) is 67.8 Å². The Kier molecular flexibility index (Phi) is 9.75. The number of nitrogens with one attached hydrogen (secondary N) is 1. The number of Topliss-reactive ketones (excluding diaryl/α,β-unsaturated/α-hetero) is 1. The fourth-order valence-corrected chi connectivity index (χ4v) is 4.79. The molecule has 10 heteroatoms. The molecule has 214 valence electrons. The number of carbonyl (C=O) groups excluding carboxylic acids is 4. The standard InChI is InChI=1S/C31H32ClN3O6/c1-4-41-30-29(38)34(31(39)35(30)19-21-8-6-5-7-9-21)17-16-24(27(36)22-11-13-23(40-3)14-12-22)28(37)33-26-18-20(2)10-15-25(26)32/h5-15,18,24,30H,4,16-17,19H2,1-3H3,(H,33,37). The number of anilines is 1. The van der Waals surface area contributed by atoms with Crippen molar-refractivity contribution < 1.29 is 28.7 Å². The zero-order valence-electron chi connectivity index (χ0n) is 23.1. The van der Waals surface area contributed by atoms with Crippen molar-refractivity contribution in [2.24, 2.45) is 5.92 Å². The van der Waals surface area contributed by atoms with Gasteiger partial charge in [-0.1, -0.05) is 48.0 Å².